The van der Waals surface area contributed by atoms with Gasteiger partial charge in [-0.25, -0.2) is 14.4 Å². The average molecular weight is 1240 g/mol. The highest BCUT2D eigenvalue weighted by molar-refractivity contribution is 5.78. The Morgan fingerprint density at radius 1 is 0.271 bits per heavy atom. The summed E-state index contributed by atoms with van der Waals surface area (Å²) < 4.78 is 81.7. The number of hydrogen-bond acceptors (Lipinski definition) is 24. The summed E-state index contributed by atoms with van der Waals surface area (Å²) in [5.74, 6) is -0.378. The van der Waals surface area contributed by atoms with Crippen LogP contribution in [0.1, 0.15) is 12.8 Å². The maximum absolute atomic E-state index is 13.1. The molecule has 0 unspecified atom stereocenters. The summed E-state index contributed by atoms with van der Waals surface area (Å²) >= 11 is 0. The first-order chi connectivity index (χ1) is 41.8. The molecule has 13 N–H and O–H groups in total. The molecule has 85 heavy (non-hydrogen) atoms. The molecule has 0 aromatic rings. The SMILES string of the molecule is NCCOCCOCCNC(=O)NCCN(CCNC=O)C(=O)CCOCCOCCOCCOCCOCCOCCOCCOCCOCCC(=O)N(CCNC(=O)NCCOCCOCCN)CCNC(=O)NCCOCCOCCN. The van der Waals surface area contributed by atoms with Crippen molar-refractivity contribution in [1.29, 1.82) is 0 Å². The van der Waals surface area contributed by atoms with Gasteiger partial charge in [-0.2, -0.15) is 0 Å². The predicted octanol–water partition coefficient (Wildman–Crippen LogP) is -4.81. The van der Waals surface area contributed by atoms with Gasteiger partial charge >= 0.3 is 18.1 Å². The third-order valence-corrected chi connectivity index (χ3v) is 10.7. The highest BCUT2D eigenvalue weighted by Gasteiger charge is 2.16. The van der Waals surface area contributed by atoms with E-state index in [0.717, 1.165) is 0 Å². The van der Waals surface area contributed by atoms with Crippen LogP contribution in [-0.2, 0) is 85.4 Å². The van der Waals surface area contributed by atoms with Crippen molar-refractivity contribution < 1.29 is 99.8 Å². The molecule has 0 aliphatic carbocycles. The van der Waals surface area contributed by atoms with Gasteiger partial charge in [-0.1, -0.05) is 0 Å². The molecule has 33 nitrogen and oxygen atoms in total. The Balaban J connectivity index is 3.92. The lowest BCUT2D eigenvalue weighted by Gasteiger charge is -2.23. The molecule has 9 amide bonds. The number of nitrogens with zero attached hydrogens (tertiary/aromatic N) is 2. The molecule has 0 saturated heterocycles. The van der Waals surface area contributed by atoms with E-state index < -0.39 is 12.1 Å². The maximum atomic E-state index is 13.1. The average Bonchev–Trinajstić information content (AvgIpc) is 3.55. The number of nitrogens with one attached hydrogen (secondary N) is 7. The van der Waals surface area contributed by atoms with Crippen molar-refractivity contribution >= 4 is 36.3 Å². The maximum Gasteiger partial charge on any atom is 0.314 e. The summed E-state index contributed by atoms with van der Waals surface area (Å²) in [6.45, 7) is 15.2. The Kier molecular flexibility index (Phi) is 63.5. The Bertz CT molecular complexity index is 1500. The molecule has 0 atom stereocenters. The summed E-state index contributed by atoms with van der Waals surface area (Å²) in [5.41, 5.74) is 16.1. The molecule has 0 aliphatic rings. The van der Waals surface area contributed by atoms with Crippen molar-refractivity contribution in [1.82, 2.24) is 47.0 Å². The normalized spacial score (nSPS) is 11.1. The smallest absolute Gasteiger partial charge is 0.314 e. The molecule has 0 spiro atoms. The number of rotatable bonds is 67. The molecule has 0 fully saturated rings. The van der Waals surface area contributed by atoms with Gasteiger partial charge in [0, 0.05) is 91.6 Å². The number of carbonyl (C=O) groups excluding carboxylic acids is 6. The second kappa shape index (κ2) is 67.0. The van der Waals surface area contributed by atoms with Crippen LogP contribution in [0, 0.1) is 0 Å². The minimum Gasteiger partial charge on any atom is -0.379 e. The van der Waals surface area contributed by atoms with Gasteiger partial charge in [-0.3, -0.25) is 14.4 Å². The minimum atomic E-state index is -0.404. The lowest BCUT2D eigenvalue weighted by Crippen LogP contribution is -2.46. The molecule has 0 saturated carbocycles. The molecule has 0 heterocycles. The second-order valence-electron chi connectivity index (χ2n) is 17.4. The fourth-order valence-electron chi connectivity index (χ4n) is 6.50. The summed E-state index contributed by atoms with van der Waals surface area (Å²) in [7, 11) is 0. The summed E-state index contributed by atoms with van der Waals surface area (Å²) in [4.78, 5) is 76.3. The van der Waals surface area contributed by atoms with Gasteiger partial charge in [-0.05, 0) is 0 Å². The Morgan fingerprint density at radius 2 is 0.471 bits per heavy atom. The van der Waals surface area contributed by atoms with Crippen LogP contribution < -0.4 is 54.4 Å². The summed E-state index contributed by atoms with van der Waals surface area (Å²) in [5, 5.41) is 18.8. The lowest BCUT2D eigenvalue weighted by atomic mass is 10.3. The van der Waals surface area contributed by atoms with Crippen LogP contribution >= 0.6 is 0 Å². The predicted molar refractivity (Wildman–Crippen MR) is 310 cm³/mol. The number of nitrogens with two attached hydrogens (primary N) is 3. The summed E-state index contributed by atoms with van der Waals surface area (Å²) in [6, 6.07) is -1.19. The zero-order valence-corrected chi connectivity index (χ0v) is 50.3. The monoisotopic (exact) mass is 1230 g/mol. The first-order valence-corrected chi connectivity index (χ1v) is 29.3. The molecule has 0 aliphatic heterocycles. The highest BCUT2D eigenvalue weighted by atomic mass is 16.6. The van der Waals surface area contributed by atoms with Gasteiger partial charge in [-0.15, -0.1) is 0 Å². The van der Waals surface area contributed by atoms with E-state index in [1.54, 1.807) is 9.80 Å². The van der Waals surface area contributed by atoms with Crippen LogP contribution in [0.15, 0.2) is 0 Å². The number of amides is 9. The number of urea groups is 3. The first-order valence-electron chi connectivity index (χ1n) is 29.3. The molecule has 0 radical (unpaired) electrons. The Labute approximate surface area is 501 Å². The second-order valence-corrected chi connectivity index (χ2v) is 17.4. The van der Waals surface area contributed by atoms with Crippen LogP contribution in [0.3, 0.4) is 0 Å². The van der Waals surface area contributed by atoms with Gasteiger partial charge in [0.2, 0.25) is 18.2 Å². The number of carbonyl (C=O) groups is 6. The van der Waals surface area contributed by atoms with Crippen LogP contribution in [-0.4, -0.2) is 336 Å². The topological polar surface area (TPSA) is 410 Å². The molecule has 0 aromatic carbocycles. The van der Waals surface area contributed by atoms with Gasteiger partial charge < -0.3 is 135 Å². The van der Waals surface area contributed by atoms with Crippen molar-refractivity contribution in [3.63, 3.8) is 0 Å². The number of hydrogen-bond donors (Lipinski definition) is 10. The van der Waals surface area contributed by atoms with Crippen LogP contribution in [0.25, 0.3) is 0 Å². The van der Waals surface area contributed by atoms with Gasteiger partial charge in [0.05, 0.1) is 211 Å². The molecule has 0 aromatic heterocycles. The molecule has 33 heteroatoms. The third kappa shape index (κ3) is 61.0. The summed E-state index contributed by atoms with van der Waals surface area (Å²) in [6.07, 6.45) is 0.787. The van der Waals surface area contributed by atoms with E-state index in [4.69, 9.17) is 88.3 Å². The minimum absolute atomic E-state index is 0.0916. The fourth-order valence-corrected chi connectivity index (χ4v) is 6.50. The van der Waals surface area contributed by atoms with E-state index in [1.165, 1.54) is 0 Å². The van der Waals surface area contributed by atoms with Crippen molar-refractivity contribution in [2.75, 3.05) is 290 Å². The van der Waals surface area contributed by atoms with E-state index in [1.807, 2.05) is 0 Å². The fraction of sp³-hybridized carbons (Fsp3) is 0.885. The van der Waals surface area contributed by atoms with E-state index >= 15 is 0 Å². The third-order valence-electron chi connectivity index (χ3n) is 10.7. The first kappa shape index (κ1) is 80.5. The number of ether oxygens (including phenoxy) is 15. The molecular formula is C52H106N12O21. The van der Waals surface area contributed by atoms with Gasteiger partial charge in [0.15, 0.2) is 0 Å². The lowest BCUT2D eigenvalue weighted by molar-refractivity contribution is -0.133. The van der Waals surface area contributed by atoms with E-state index in [-0.39, 0.29) is 103 Å². The van der Waals surface area contributed by atoms with Crippen molar-refractivity contribution in [2.45, 2.75) is 12.8 Å². The van der Waals surface area contributed by atoms with Crippen molar-refractivity contribution in [3.8, 4) is 0 Å². The van der Waals surface area contributed by atoms with E-state index in [2.05, 4.69) is 37.2 Å². The van der Waals surface area contributed by atoms with Crippen molar-refractivity contribution in [2.24, 2.45) is 17.2 Å². The van der Waals surface area contributed by atoms with E-state index in [9.17, 15) is 28.8 Å². The van der Waals surface area contributed by atoms with Gasteiger partial charge in [0.25, 0.3) is 0 Å². The zero-order chi connectivity index (χ0) is 61.8. The van der Waals surface area contributed by atoms with Crippen molar-refractivity contribution in [3.05, 3.63) is 0 Å². The Morgan fingerprint density at radius 3 is 0.706 bits per heavy atom. The van der Waals surface area contributed by atoms with Crippen LogP contribution in [0.4, 0.5) is 14.4 Å². The molecule has 500 valence electrons. The quantitative estimate of drug-likeness (QED) is 0.0202. The standard InChI is InChI=1S/C52H106N12O21/c53-3-19-73-27-30-76-22-10-60-50(68)57-7-14-63(13-6-56-47-65)48(66)1-17-71-25-33-79-35-37-81-39-41-83-43-45-85-46-44-84-42-40-82-38-36-80-34-26-72-18-2-49(67)64(15-8-58-51(69)61-11-23-77-31-28-74-20-4-54)16-9-59-52(70)62-12-24-78-32-29-75-21-5-55/h47H,1-46,53-55H2,(H,56,65)(H2,57,60,68)(H2,58,61,69)(H2,59,62,70). The molecule has 0 bridgehead atoms. The zero-order valence-electron chi connectivity index (χ0n) is 50.3. The van der Waals surface area contributed by atoms with E-state index in [0.29, 0.717) is 224 Å². The van der Waals surface area contributed by atoms with Crippen LogP contribution in [0.2, 0.25) is 0 Å². The molecular weight excluding hydrogens is 1130 g/mol. The largest absolute Gasteiger partial charge is 0.379 e. The Hall–Kier alpha value is -4.50. The van der Waals surface area contributed by atoms with Gasteiger partial charge in [0.1, 0.15) is 0 Å². The van der Waals surface area contributed by atoms with Crippen LogP contribution in [0.5, 0.6) is 0 Å². The molecule has 0 rings (SSSR count). The highest BCUT2D eigenvalue weighted by Crippen LogP contribution is 1.98.